The Bertz CT molecular complexity index is 252. The molecular formula is C14H24O. The molecule has 1 nitrogen and oxygen atoms in total. The van der Waals surface area contributed by atoms with E-state index in [0.29, 0.717) is 11.8 Å². The van der Waals surface area contributed by atoms with Gasteiger partial charge >= 0.3 is 0 Å². The molecule has 0 aliphatic heterocycles. The van der Waals surface area contributed by atoms with Crippen molar-refractivity contribution in [2.45, 2.75) is 46.6 Å². The molecule has 3 atom stereocenters. The lowest BCUT2D eigenvalue weighted by molar-refractivity contribution is 0.0130. The van der Waals surface area contributed by atoms with Crippen LogP contribution in [0, 0.1) is 17.3 Å². The minimum atomic E-state index is -0.330. The number of aliphatic hydroxyl groups excluding tert-OH is 1. The molecule has 1 heteroatoms. The van der Waals surface area contributed by atoms with Gasteiger partial charge in [-0.1, -0.05) is 64.8 Å². The minimum absolute atomic E-state index is 0.0647. The topological polar surface area (TPSA) is 20.2 Å². The van der Waals surface area contributed by atoms with E-state index in [1.54, 1.807) is 0 Å². The van der Waals surface area contributed by atoms with Crippen molar-refractivity contribution in [1.82, 2.24) is 0 Å². The van der Waals surface area contributed by atoms with Crippen molar-refractivity contribution in [1.29, 1.82) is 0 Å². The zero-order chi connectivity index (χ0) is 11.5. The van der Waals surface area contributed by atoms with Crippen molar-refractivity contribution in [3.8, 4) is 0 Å². The van der Waals surface area contributed by atoms with E-state index in [2.05, 4.69) is 39.8 Å². The maximum Gasteiger partial charge on any atom is 0.0819 e. The Labute approximate surface area is 93.9 Å². The van der Waals surface area contributed by atoms with E-state index in [0.717, 1.165) is 0 Å². The number of hydrogen-bond acceptors (Lipinski definition) is 1. The van der Waals surface area contributed by atoms with Gasteiger partial charge in [0.1, 0.15) is 0 Å². The van der Waals surface area contributed by atoms with Crippen molar-refractivity contribution >= 4 is 0 Å². The lowest BCUT2D eigenvalue weighted by atomic mass is 9.62. The molecule has 1 rings (SSSR count). The number of rotatable bonds is 4. The maximum atomic E-state index is 10.2. The summed E-state index contributed by atoms with van der Waals surface area (Å²) in [5.74, 6) is 0.994. The average molecular weight is 208 g/mol. The summed E-state index contributed by atoms with van der Waals surface area (Å²) in [6.45, 7) is 8.88. The molecule has 1 aliphatic rings. The van der Waals surface area contributed by atoms with Gasteiger partial charge in [-0.15, -0.1) is 0 Å². The van der Waals surface area contributed by atoms with Crippen LogP contribution in [0.5, 0.6) is 0 Å². The molecule has 0 saturated carbocycles. The SMILES string of the molecule is CCCC(C)C1(C(C)C)C=CC=CC1O. The molecule has 0 bridgehead atoms. The van der Waals surface area contributed by atoms with Crippen LogP contribution in [0.25, 0.3) is 0 Å². The average Bonchev–Trinajstić information content (AvgIpc) is 2.18. The van der Waals surface area contributed by atoms with Crippen molar-refractivity contribution < 1.29 is 5.11 Å². The summed E-state index contributed by atoms with van der Waals surface area (Å²) in [6.07, 6.45) is 10.2. The molecular weight excluding hydrogens is 184 g/mol. The first-order valence-corrected chi connectivity index (χ1v) is 6.09. The molecule has 0 spiro atoms. The highest BCUT2D eigenvalue weighted by Gasteiger charge is 2.42. The van der Waals surface area contributed by atoms with E-state index in [4.69, 9.17) is 0 Å². The Morgan fingerprint density at radius 1 is 1.27 bits per heavy atom. The van der Waals surface area contributed by atoms with Gasteiger partial charge in [0.05, 0.1) is 6.10 Å². The highest BCUT2D eigenvalue weighted by atomic mass is 16.3. The van der Waals surface area contributed by atoms with Gasteiger partial charge in [-0.2, -0.15) is 0 Å². The Kier molecular flexibility index (Phi) is 4.15. The molecule has 0 aromatic rings. The second-order valence-electron chi connectivity index (χ2n) is 5.03. The van der Waals surface area contributed by atoms with Crippen molar-refractivity contribution in [3.05, 3.63) is 24.3 Å². The molecule has 0 amide bonds. The van der Waals surface area contributed by atoms with Crippen LogP contribution in [0.3, 0.4) is 0 Å². The normalized spacial score (nSPS) is 32.3. The Morgan fingerprint density at radius 2 is 1.93 bits per heavy atom. The van der Waals surface area contributed by atoms with Crippen LogP contribution in [0.15, 0.2) is 24.3 Å². The van der Waals surface area contributed by atoms with E-state index < -0.39 is 0 Å². The predicted octanol–water partition coefficient (Wildman–Crippen LogP) is 3.55. The fourth-order valence-corrected chi connectivity index (χ4v) is 2.90. The maximum absolute atomic E-state index is 10.2. The van der Waals surface area contributed by atoms with Gasteiger partial charge in [0.25, 0.3) is 0 Å². The minimum Gasteiger partial charge on any atom is -0.388 e. The molecule has 1 aliphatic carbocycles. The molecule has 0 aromatic heterocycles. The molecule has 0 radical (unpaired) electrons. The summed E-state index contributed by atoms with van der Waals surface area (Å²) in [5.41, 5.74) is -0.0647. The Balaban J connectivity index is 2.97. The summed E-state index contributed by atoms with van der Waals surface area (Å²) in [7, 11) is 0. The molecule has 0 saturated heterocycles. The fraction of sp³-hybridized carbons (Fsp3) is 0.714. The van der Waals surface area contributed by atoms with Crippen LogP contribution in [0.1, 0.15) is 40.5 Å². The lowest BCUT2D eigenvalue weighted by Gasteiger charge is -2.44. The third-order valence-electron chi connectivity index (χ3n) is 3.88. The van der Waals surface area contributed by atoms with E-state index in [1.165, 1.54) is 12.8 Å². The smallest absolute Gasteiger partial charge is 0.0819 e. The standard InChI is InChI=1S/C14H24O/c1-5-8-12(4)14(11(2)3)10-7-6-9-13(14)15/h6-7,9-13,15H,5,8H2,1-4H3. The van der Waals surface area contributed by atoms with Crippen molar-refractivity contribution in [2.75, 3.05) is 0 Å². The van der Waals surface area contributed by atoms with Gasteiger partial charge in [-0.25, -0.2) is 0 Å². The van der Waals surface area contributed by atoms with E-state index >= 15 is 0 Å². The quantitative estimate of drug-likeness (QED) is 0.749. The molecule has 0 heterocycles. The molecule has 86 valence electrons. The zero-order valence-corrected chi connectivity index (χ0v) is 10.4. The molecule has 0 aromatic carbocycles. The van der Waals surface area contributed by atoms with Crippen LogP contribution >= 0.6 is 0 Å². The van der Waals surface area contributed by atoms with Crippen LogP contribution in [-0.4, -0.2) is 11.2 Å². The summed E-state index contributed by atoms with van der Waals surface area (Å²) in [5, 5.41) is 10.2. The number of hydrogen-bond donors (Lipinski definition) is 1. The third kappa shape index (κ3) is 2.17. The third-order valence-corrected chi connectivity index (χ3v) is 3.88. The summed E-state index contributed by atoms with van der Waals surface area (Å²) < 4.78 is 0. The Morgan fingerprint density at radius 3 is 2.40 bits per heavy atom. The lowest BCUT2D eigenvalue weighted by Crippen LogP contribution is -2.43. The van der Waals surface area contributed by atoms with E-state index in [-0.39, 0.29) is 11.5 Å². The van der Waals surface area contributed by atoms with Gasteiger partial charge in [0.15, 0.2) is 0 Å². The molecule has 0 fully saturated rings. The second kappa shape index (κ2) is 4.98. The van der Waals surface area contributed by atoms with E-state index in [1.807, 2.05) is 12.2 Å². The summed E-state index contributed by atoms with van der Waals surface area (Å²) in [6, 6.07) is 0. The van der Waals surface area contributed by atoms with Gasteiger partial charge in [0, 0.05) is 5.41 Å². The summed E-state index contributed by atoms with van der Waals surface area (Å²) >= 11 is 0. The summed E-state index contributed by atoms with van der Waals surface area (Å²) in [4.78, 5) is 0. The number of aliphatic hydroxyl groups is 1. The van der Waals surface area contributed by atoms with Gasteiger partial charge in [0.2, 0.25) is 0 Å². The van der Waals surface area contributed by atoms with Gasteiger partial charge < -0.3 is 5.11 Å². The fourth-order valence-electron chi connectivity index (χ4n) is 2.90. The first-order chi connectivity index (χ1) is 7.05. The van der Waals surface area contributed by atoms with Crippen LogP contribution in [0.4, 0.5) is 0 Å². The number of allylic oxidation sites excluding steroid dienone is 2. The van der Waals surface area contributed by atoms with Crippen LogP contribution < -0.4 is 0 Å². The molecule has 3 unspecified atom stereocenters. The van der Waals surface area contributed by atoms with E-state index in [9.17, 15) is 5.11 Å². The first-order valence-electron chi connectivity index (χ1n) is 6.09. The monoisotopic (exact) mass is 208 g/mol. The van der Waals surface area contributed by atoms with Gasteiger partial charge in [-0.05, 0) is 11.8 Å². The molecule has 15 heavy (non-hydrogen) atoms. The van der Waals surface area contributed by atoms with Crippen molar-refractivity contribution in [3.63, 3.8) is 0 Å². The highest BCUT2D eigenvalue weighted by molar-refractivity contribution is 5.23. The van der Waals surface area contributed by atoms with Crippen molar-refractivity contribution in [2.24, 2.45) is 17.3 Å². The molecule has 1 N–H and O–H groups in total. The Hall–Kier alpha value is -0.560. The van der Waals surface area contributed by atoms with Crippen LogP contribution in [-0.2, 0) is 0 Å². The van der Waals surface area contributed by atoms with Crippen LogP contribution in [0.2, 0.25) is 0 Å². The zero-order valence-electron chi connectivity index (χ0n) is 10.4. The second-order valence-corrected chi connectivity index (χ2v) is 5.03. The van der Waals surface area contributed by atoms with Gasteiger partial charge in [-0.3, -0.25) is 0 Å². The highest BCUT2D eigenvalue weighted by Crippen LogP contribution is 2.44. The predicted molar refractivity (Wildman–Crippen MR) is 65.6 cm³/mol. The first kappa shape index (κ1) is 12.5. The largest absolute Gasteiger partial charge is 0.388 e.